The van der Waals surface area contributed by atoms with Gasteiger partial charge < -0.3 is 9.31 Å². The molecule has 0 N–H and O–H groups in total. The molecule has 4 heteroatoms. The van der Waals surface area contributed by atoms with Crippen molar-refractivity contribution in [2.45, 2.75) is 38.9 Å². The van der Waals surface area contributed by atoms with Crippen LogP contribution in [0.1, 0.15) is 27.7 Å². The Hall–Kier alpha value is 0.504. The van der Waals surface area contributed by atoms with Crippen molar-refractivity contribution in [2.75, 3.05) is 0 Å². The molecule has 10 heavy (non-hydrogen) atoms. The summed E-state index contributed by atoms with van der Waals surface area (Å²) >= 11 is 0. The first-order valence-corrected chi connectivity index (χ1v) is 3.13. The van der Waals surface area contributed by atoms with Gasteiger partial charge in [0.25, 0.3) is 0 Å². The predicted octanol–water partition coefficient (Wildman–Crippen LogP) is 1.12. The maximum absolute atomic E-state index is 5.21. The molecule has 0 spiro atoms. The first-order chi connectivity index (χ1) is 3.96. The summed E-state index contributed by atoms with van der Waals surface area (Å²) in [5, 5.41) is 0. The summed E-state index contributed by atoms with van der Waals surface area (Å²) < 4.78 is 10.4. The third-order valence-electron chi connectivity index (χ3n) is 2.14. The van der Waals surface area contributed by atoms with Crippen LogP contribution >= 0.6 is 0 Å². The van der Waals surface area contributed by atoms with Crippen molar-refractivity contribution in [3.8, 4) is 0 Å². The van der Waals surface area contributed by atoms with E-state index in [1.54, 1.807) is 0 Å². The summed E-state index contributed by atoms with van der Waals surface area (Å²) in [6, 6.07) is 0. The van der Waals surface area contributed by atoms with Gasteiger partial charge in [0.05, 0.1) is 11.2 Å². The van der Waals surface area contributed by atoms with E-state index in [4.69, 9.17) is 9.31 Å². The molecule has 0 unspecified atom stereocenters. The zero-order chi connectivity index (χ0) is 7.12. The third-order valence-corrected chi connectivity index (χ3v) is 2.14. The standard InChI is InChI=1S/C6H12BO2.Cu/c1-5(2)6(3,4)9-7-8-5;/h1-4H3;. The van der Waals surface area contributed by atoms with Crippen LogP contribution < -0.4 is 0 Å². The van der Waals surface area contributed by atoms with Crippen LogP contribution in [-0.4, -0.2) is 18.9 Å². The monoisotopic (exact) mass is 190 g/mol. The largest absolute Gasteiger partial charge is 0.488 e. The zero-order valence-electron chi connectivity index (χ0n) is 6.70. The van der Waals surface area contributed by atoms with Gasteiger partial charge in [-0.3, -0.25) is 0 Å². The Morgan fingerprint density at radius 1 is 0.900 bits per heavy atom. The van der Waals surface area contributed by atoms with Gasteiger partial charge in [0.15, 0.2) is 0 Å². The first-order valence-electron chi connectivity index (χ1n) is 3.13. The first kappa shape index (κ1) is 10.5. The van der Waals surface area contributed by atoms with Crippen LogP contribution in [0, 0.1) is 0 Å². The van der Waals surface area contributed by atoms with Gasteiger partial charge in [0.1, 0.15) is 0 Å². The fraction of sp³-hybridized carbons (Fsp3) is 1.00. The molecule has 1 fully saturated rings. The molecule has 0 bridgehead atoms. The van der Waals surface area contributed by atoms with Crippen molar-refractivity contribution in [3.05, 3.63) is 0 Å². The van der Waals surface area contributed by atoms with E-state index in [-0.39, 0.29) is 28.3 Å². The van der Waals surface area contributed by atoms with Crippen molar-refractivity contribution < 1.29 is 26.4 Å². The van der Waals surface area contributed by atoms with E-state index >= 15 is 0 Å². The number of hydrogen-bond acceptors (Lipinski definition) is 2. The van der Waals surface area contributed by atoms with Crippen LogP contribution in [0.4, 0.5) is 0 Å². The Balaban J connectivity index is 0.000000810. The minimum atomic E-state index is -0.188. The quantitative estimate of drug-likeness (QED) is 0.533. The van der Waals surface area contributed by atoms with Crippen LogP contribution in [0.3, 0.4) is 0 Å². The van der Waals surface area contributed by atoms with Gasteiger partial charge in [-0.2, -0.15) is 0 Å². The van der Waals surface area contributed by atoms with E-state index in [9.17, 15) is 0 Å². The molecule has 0 aromatic rings. The average Bonchev–Trinajstić information content (AvgIpc) is 1.81. The van der Waals surface area contributed by atoms with E-state index in [2.05, 4.69) is 0 Å². The summed E-state index contributed by atoms with van der Waals surface area (Å²) in [5.41, 5.74) is -0.375. The molecule has 1 aliphatic heterocycles. The van der Waals surface area contributed by atoms with Gasteiger partial charge in [-0.05, 0) is 27.7 Å². The van der Waals surface area contributed by atoms with Crippen molar-refractivity contribution in [2.24, 2.45) is 0 Å². The summed E-state index contributed by atoms with van der Waals surface area (Å²) in [6.45, 7) is 8.04. The molecule has 2 radical (unpaired) electrons. The molecule has 62 valence electrons. The van der Waals surface area contributed by atoms with Crippen molar-refractivity contribution >= 4 is 7.69 Å². The van der Waals surface area contributed by atoms with Gasteiger partial charge in [-0.25, -0.2) is 0 Å². The second-order valence-corrected chi connectivity index (χ2v) is 3.35. The van der Waals surface area contributed by atoms with Crippen molar-refractivity contribution in [1.82, 2.24) is 0 Å². The maximum atomic E-state index is 5.21. The molecule has 0 saturated carbocycles. The molecule has 0 amide bonds. The van der Waals surface area contributed by atoms with Gasteiger partial charge in [0.2, 0.25) is 0 Å². The third kappa shape index (κ3) is 1.56. The van der Waals surface area contributed by atoms with E-state index in [1.165, 1.54) is 7.69 Å². The summed E-state index contributed by atoms with van der Waals surface area (Å²) in [7, 11) is 1.42. The Morgan fingerprint density at radius 3 is 1.30 bits per heavy atom. The summed E-state index contributed by atoms with van der Waals surface area (Å²) in [5.74, 6) is 0. The molecule has 0 aliphatic carbocycles. The molecule has 1 heterocycles. The van der Waals surface area contributed by atoms with E-state index < -0.39 is 0 Å². The van der Waals surface area contributed by atoms with Crippen LogP contribution in [0.25, 0.3) is 0 Å². The Labute approximate surface area is 73.4 Å². The smallest absolute Gasteiger partial charge is 0.405 e. The van der Waals surface area contributed by atoms with Crippen LogP contribution in [-0.2, 0) is 26.4 Å². The molecule has 1 aliphatic rings. The van der Waals surface area contributed by atoms with Gasteiger partial charge in [0, 0.05) is 17.1 Å². The molecule has 2 nitrogen and oxygen atoms in total. The zero-order valence-corrected chi connectivity index (χ0v) is 7.64. The summed E-state index contributed by atoms with van der Waals surface area (Å²) in [4.78, 5) is 0. The van der Waals surface area contributed by atoms with Crippen molar-refractivity contribution in [1.29, 1.82) is 0 Å². The Kier molecular flexibility index (Phi) is 3.00. The molecular weight excluding hydrogens is 178 g/mol. The molecular formula is C6H12BCuO2. The van der Waals surface area contributed by atoms with Crippen LogP contribution in [0.5, 0.6) is 0 Å². The molecule has 0 aromatic heterocycles. The SMILES string of the molecule is CC1(C)O[B]OC1(C)C.[Cu]. The topological polar surface area (TPSA) is 18.5 Å². The molecule has 1 saturated heterocycles. The minimum absolute atomic E-state index is 0. The average molecular weight is 191 g/mol. The molecule has 0 atom stereocenters. The van der Waals surface area contributed by atoms with Gasteiger partial charge in [-0.15, -0.1) is 0 Å². The molecule has 0 aromatic carbocycles. The van der Waals surface area contributed by atoms with Gasteiger partial charge >= 0.3 is 7.69 Å². The van der Waals surface area contributed by atoms with Crippen molar-refractivity contribution in [3.63, 3.8) is 0 Å². The molecule has 1 rings (SSSR count). The number of hydrogen-bond donors (Lipinski definition) is 0. The maximum Gasteiger partial charge on any atom is 0.488 e. The van der Waals surface area contributed by atoms with Crippen LogP contribution in [0.15, 0.2) is 0 Å². The Bertz CT molecular complexity index is 111. The van der Waals surface area contributed by atoms with E-state index in [0.29, 0.717) is 0 Å². The van der Waals surface area contributed by atoms with Crippen LogP contribution in [0.2, 0.25) is 0 Å². The van der Waals surface area contributed by atoms with E-state index in [0.717, 1.165) is 0 Å². The van der Waals surface area contributed by atoms with Gasteiger partial charge in [-0.1, -0.05) is 0 Å². The Morgan fingerprint density at radius 2 is 1.20 bits per heavy atom. The fourth-order valence-corrected chi connectivity index (χ4v) is 0.548. The number of rotatable bonds is 0. The minimum Gasteiger partial charge on any atom is -0.405 e. The predicted molar refractivity (Wildman–Crippen MR) is 36.1 cm³/mol. The van der Waals surface area contributed by atoms with E-state index in [1.807, 2.05) is 27.7 Å². The second-order valence-electron chi connectivity index (χ2n) is 3.35. The summed E-state index contributed by atoms with van der Waals surface area (Å²) in [6.07, 6.45) is 0. The normalized spacial score (nSPS) is 26.8. The fourth-order valence-electron chi connectivity index (χ4n) is 0.548. The second kappa shape index (κ2) is 2.86.